The van der Waals surface area contributed by atoms with Gasteiger partial charge in [-0.3, -0.25) is 19.3 Å². The van der Waals surface area contributed by atoms with Crippen LogP contribution in [0.4, 0.5) is 5.13 Å². The predicted octanol–water partition coefficient (Wildman–Crippen LogP) is 1.20. The molecule has 3 aromatic rings. The van der Waals surface area contributed by atoms with Crippen molar-refractivity contribution in [2.75, 3.05) is 17.2 Å². The highest BCUT2D eigenvalue weighted by atomic mass is 35.5. The largest absolute Gasteiger partial charge is 0.504 e. The highest BCUT2D eigenvalue weighted by molar-refractivity contribution is 8.01. The van der Waals surface area contributed by atoms with Gasteiger partial charge in [-0.1, -0.05) is 28.3 Å². The molecule has 5 rings (SSSR count). The fourth-order valence-corrected chi connectivity index (χ4v) is 7.56. The van der Waals surface area contributed by atoms with Gasteiger partial charge in [-0.15, -0.1) is 45.7 Å². The van der Waals surface area contributed by atoms with Crippen LogP contribution >= 0.6 is 58.6 Å². The normalized spacial score (nSPS) is 18.2. The number of phenolic OH excluding ortho intramolecular Hbond substituents is 2. The molecule has 0 radical (unpaired) electrons. The zero-order chi connectivity index (χ0) is 33.0. The molecule has 1 fully saturated rings. The standard InChI is InChI=1S/C25H23N9O8S4.ClH/c1-10(19(37)31-27-5-11-2-3-14(35)15(36)4-11)42-33-16(13-8-44-24(26)29-13)20(38)30-17-21(39)34-18(23(40)41)12(6-43-22(17)34)7-45-25-32-28-9-46-25;/h2-5,8-10,17,22,35-36H,6-7H2,1H3,(H2,26,29)(H,30,38)(H,31,37)(H,40,41);1H/t10?,17?,22-;/m0./s1. The fraction of sp³-hybridized carbons (Fsp3) is 0.240. The van der Waals surface area contributed by atoms with E-state index in [2.05, 4.69) is 36.2 Å². The minimum atomic E-state index is -1.26. The third-order valence-electron chi connectivity index (χ3n) is 6.29. The lowest BCUT2D eigenvalue weighted by atomic mass is 10.0. The zero-order valence-electron chi connectivity index (χ0n) is 23.8. The van der Waals surface area contributed by atoms with Crippen molar-refractivity contribution < 1.29 is 39.3 Å². The van der Waals surface area contributed by atoms with E-state index in [4.69, 9.17) is 10.6 Å². The number of thiazole rings is 1. The molecule has 3 amide bonds. The van der Waals surface area contributed by atoms with Crippen LogP contribution in [0.25, 0.3) is 0 Å². The molecule has 2 aliphatic rings. The summed E-state index contributed by atoms with van der Waals surface area (Å²) in [5.74, 6) is -3.55. The van der Waals surface area contributed by atoms with Crippen LogP contribution in [0.1, 0.15) is 18.2 Å². The first-order valence-corrected chi connectivity index (χ1v) is 16.7. The van der Waals surface area contributed by atoms with Gasteiger partial charge in [-0.25, -0.2) is 15.2 Å². The lowest BCUT2D eigenvalue weighted by molar-refractivity contribution is -0.150. The Morgan fingerprint density at radius 1 is 1.28 bits per heavy atom. The summed E-state index contributed by atoms with van der Waals surface area (Å²) in [6.07, 6.45) is -0.0317. The number of aromatic nitrogens is 3. The number of anilines is 1. The minimum absolute atomic E-state index is 0. The monoisotopic (exact) mass is 741 g/mol. The molecule has 1 saturated heterocycles. The number of β-lactam (4-membered cyclic amide) rings is 1. The summed E-state index contributed by atoms with van der Waals surface area (Å²) in [6.45, 7) is 1.35. The first-order valence-electron chi connectivity index (χ1n) is 12.9. The zero-order valence-corrected chi connectivity index (χ0v) is 27.9. The van der Waals surface area contributed by atoms with Crippen LogP contribution in [0, 0.1) is 0 Å². The Morgan fingerprint density at radius 3 is 2.72 bits per heavy atom. The minimum Gasteiger partial charge on any atom is -0.504 e. The molecule has 3 atom stereocenters. The number of aliphatic carboxylic acids is 1. The molecular formula is C25H24ClN9O8S4. The number of thioether (sulfide) groups is 2. The average molecular weight is 742 g/mol. The second-order valence-electron chi connectivity index (χ2n) is 9.35. The molecule has 47 heavy (non-hydrogen) atoms. The highest BCUT2D eigenvalue weighted by Gasteiger charge is 2.54. The van der Waals surface area contributed by atoms with Gasteiger partial charge in [0.25, 0.3) is 17.7 Å². The SMILES string of the molecule is CC(ON=C(C(=O)NC1C(=O)N2C(C(=O)O)=C(CSc3nncs3)CS[C@@H]12)c1csc(N)n1)C(=O)NN=Cc1ccc(O)c(O)c1.Cl. The third-order valence-corrected chi connectivity index (χ3v) is 10.2. The first kappa shape index (κ1) is 35.4. The Balaban J connectivity index is 0.00000500. The number of halogens is 1. The molecule has 0 spiro atoms. The first-order chi connectivity index (χ1) is 22.0. The maximum Gasteiger partial charge on any atom is 0.352 e. The van der Waals surface area contributed by atoms with E-state index in [1.54, 1.807) is 5.51 Å². The summed E-state index contributed by atoms with van der Waals surface area (Å²) in [5.41, 5.74) is 9.98. The number of oxime groups is 1. The van der Waals surface area contributed by atoms with Crippen LogP contribution in [0.15, 0.2) is 55.0 Å². The summed E-state index contributed by atoms with van der Waals surface area (Å²) in [4.78, 5) is 61.6. The number of amides is 3. The van der Waals surface area contributed by atoms with E-state index in [9.17, 15) is 34.5 Å². The Labute approximate surface area is 287 Å². The number of aromatic hydroxyl groups is 2. The number of nitrogens with one attached hydrogen (secondary N) is 2. The Morgan fingerprint density at radius 2 is 2.06 bits per heavy atom. The van der Waals surface area contributed by atoms with E-state index < -0.39 is 41.2 Å². The number of hydrogen-bond donors (Lipinski definition) is 6. The quantitative estimate of drug-likeness (QED) is 0.0502. The third kappa shape index (κ3) is 8.11. The molecule has 17 nitrogen and oxygen atoms in total. The molecule has 0 bridgehead atoms. The Kier molecular flexibility index (Phi) is 11.6. The van der Waals surface area contributed by atoms with Gasteiger partial charge in [0.05, 0.1) is 6.21 Å². The van der Waals surface area contributed by atoms with Gasteiger partial charge in [0.15, 0.2) is 26.7 Å². The van der Waals surface area contributed by atoms with Crippen molar-refractivity contribution in [1.82, 2.24) is 30.8 Å². The van der Waals surface area contributed by atoms with Crippen LogP contribution in [-0.2, 0) is 24.0 Å². The molecule has 7 N–H and O–H groups in total. The lowest BCUT2D eigenvalue weighted by Gasteiger charge is -2.49. The van der Waals surface area contributed by atoms with Gasteiger partial charge in [-0.05, 0) is 36.3 Å². The number of hydrazone groups is 1. The number of benzene rings is 1. The summed E-state index contributed by atoms with van der Waals surface area (Å²) in [5, 5.41) is 47.6. The summed E-state index contributed by atoms with van der Waals surface area (Å²) < 4.78 is 0.663. The van der Waals surface area contributed by atoms with Crippen molar-refractivity contribution in [3.05, 3.63) is 51.6 Å². The van der Waals surface area contributed by atoms with Crippen molar-refractivity contribution in [3.63, 3.8) is 0 Å². The van der Waals surface area contributed by atoms with Crippen molar-refractivity contribution in [2.45, 2.75) is 28.8 Å². The number of phenols is 2. The van der Waals surface area contributed by atoms with Gasteiger partial charge >= 0.3 is 5.97 Å². The average Bonchev–Trinajstić information content (AvgIpc) is 3.71. The van der Waals surface area contributed by atoms with Crippen molar-refractivity contribution >= 4 is 99.4 Å². The molecule has 248 valence electrons. The summed E-state index contributed by atoms with van der Waals surface area (Å²) in [7, 11) is 0. The molecule has 4 heterocycles. The number of fused-ring (bicyclic) bond motifs is 1. The highest BCUT2D eigenvalue weighted by Crippen LogP contribution is 2.41. The molecule has 1 aromatic carbocycles. The Hall–Kier alpha value is -4.44. The topological polar surface area (TPSA) is 255 Å². The van der Waals surface area contributed by atoms with E-state index >= 15 is 0 Å². The number of nitrogens with two attached hydrogens (primary N) is 1. The second kappa shape index (κ2) is 15.4. The second-order valence-corrected chi connectivity index (χ2v) is 13.4. The molecule has 0 saturated carbocycles. The Bertz CT molecular complexity index is 1770. The predicted molar refractivity (Wildman–Crippen MR) is 177 cm³/mol. The van der Waals surface area contributed by atoms with E-state index in [0.717, 1.165) is 16.2 Å². The molecule has 2 aromatic heterocycles. The molecule has 2 aliphatic heterocycles. The molecule has 2 unspecified atom stereocenters. The number of carbonyl (C=O) groups excluding carboxylic acids is 3. The number of carbonyl (C=O) groups is 4. The molecule has 0 aliphatic carbocycles. The maximum atomic E-state index is 13.4. The molecular weight excluding hydrogens is 718 g/mol. The van der Waals surface area contributed by atoms with Gasteiger partial charge < -0.3 is 31.2 Å². The van der Waals surface area contributed by atoms with Gasteiger partial charge in [0.2, 0.25) is 6.10 Å². The number of rotatable bonds is 12. The van der Waals surface area contributed by atoms with E-state index in [1.807, 2.05) is 0 Å². The van der Waals surface area contributed by atoms with Gasteiger partial charge in [0, 0.05) is 16.9 Å². The van der Waals surface area contributed by atoms with Gasteiger partial charge in [-0.2, -0.15) is 5.10 Å². The van der Waals surface area contributed by atoms with E-state index in [0.29, 0.717) is 27.0 Å². The van der Waals surface area contributed by atoms with Crippen LogP contribution in [0.5, 0.6) is 11.5 Å². The van der Waals surface area contributed by atoms with Crippen molar-refractivity contribution in [1.29, 1.82) is 0 Å². The lowest BCUT2D eigenvalue weighted by Crippen LogP contribution is -2.71. The van der Waals surface area contributed by atoms with Crippen LogP contribution < -0.4 is 16.5 Å². The van der Waals surface area contributed by atoms with Crippen molar-refractivity contribution in [2.24, 2.45) is 10.3 Å². The van der Waals surface area contributed by atoms with E-state index in [1.165, 1.54) is 71.6 Å². The van der Waals surface area contributed by atoms with Gasteiger partial charge in [0.1, 0.15) is 28.3 Å². The number of carboxylic acids is 1. The van der Waals surface area contributed by atoms with E-state index in [-0.39, 0.29) is 46.1 Å². The molecule has 22 heteroatoms. The van der Waals surface area contributed by atoms with Crippen LogP contribution in [0.3, 0.4) is 0 Å². The number of carboxylic acid groups (broad SMARTS) is 1. The van der Waals surface area contributed by atoms with Crippen LogP contribution in [0.2, 0.25) is 0 Å². The number of nitrogen functional groups attached to an aromatic ring is 1. The summed E-state index contributed by atoms with van der Waals surface area (Å²) >= 11 is 4.96. The number of hydrogen-bond acceptors (Lipinski definition) is 17. The fourth-order valence-electron chi connectivity index (χ4n) is 4.04. The van der Waals surface area contributed by atoms with Crippen molar-refractivity contribution in [3.8, 4) is 11.5 Å². The number of nitrogens with zero attached hydrogens (tertiary/aromatic N) is 6. The van der Waals surface area contributed by atoms with Crippen LogP contribution in [-0.4, -0.2) is 100 Å². The smallest absolute Gasteiger partial charge is 0.352 e. The maximum absolute atomic E-state index is 13.4. The summed E-state index contributed by atoms with van der Waals surface area (Å²) in [6, 6.07) is 2.87.